The molecule has 1 amide bonds. The minimum Gasteiger partial charge on any atom is -0.317 e. The summed E-state index contributed by atoms with van der Waals surface area (Å²) in [4.78, 5) is 14.4. The highest BCUT2D eigenvalue weighted by Gasteiger charge is 2.58. The number of benzene rings is 1. The molecule has 2 aliphatic rings. The third-order valence-corrected chi connectivity index (χ3v) is 5.37. The SMILES string of the molecule is Cc1ccc(N(C)C(=O)C2CC23CCNCC3)cc1Cl.Cl. The Balaban J connectivity index is 0.00000161. The fourth-order valence-corrected chi connectivity index (χ4v) is 3.50. The highest BCUT2D eigenvalue weighted by molar-refractivity contribution is 6.31. The average Bonchev–Trinajstić information content (AvgIpc) is 3.14. The number of hydrogen-bond acceptors (Lipinski definition) is 2. The van der Waals surface area contributed by atoms with E-state index in [2.05, 4.69) is 5.32 Å². The second-order valence-electron chi connectivity index (χ2n) is 6.20. The zero-order valence-corrected chi connectivity index (χ0v) is 14.1. The van der Waals surface area contributed by atoms with Crippen LogP contribution in [0.15, 0.2) is 18.2 Å². The van der Waals surface area contributed by atoms with Gasteiger partial charge in [-0.1, -0.05) is 17.7 Å². The highest BCUT2D eigenvalue weighted by atomic mass is 35.5. The second kappa shape index (κ2) is 6.15. The van der Waals surface area contributed by atoms with Crippen LogP contribution in [0.3, 0.4) is 0 Å². The summed E-state index contributed by atoms with van der Waals surface area (Å²) < 4.78 is 0. The molecule has 1 N–H and O–H groups in total. The number of anilines is 1. The van der Waals surface area contributed by atoms with Gasteiger partial charge in [0, 0.05) is 23.7 Å². The Morgan fingerprint density at radius 1 is 1.38 bits per heavy atom. The summed E-state index contributed by atoms with van der Waals surface area (Å²) >= 11 is 6.15. The average molecular weight is 329 g/mol. The van der Waals surface area contributed by atoms with Crippen LogP contribution in [0.1, 0.15) is 24.8 Å². The Labute approximate surface area is 137 Å². The number of amides is 1. The molecule has 1 unspecified atom stereocenters. The summed E-state index contributed by atoms with van der Waals surface area (Å²) in [7, 11) is 1.86. The van der Waals surface area contributed by atoms with Gasteiger partial charge in [-0.2, -0.15) is 0 Å². The minimum atomic E-state index is 0. The van der Waals surface area contributed by atoms with E-state index in [0.29, 0.717) is 0 Å². The lowest BCUT2D eigenvalue weighted by Crippen LogP contribution is -2.34. The van der Waals surface area contributed by atoms with Gasteiger partial charge in [-0.3, -0.25) is 4.79 Å². The Kier molecular flexibility index (Phi) is 4.86. The van der Waals surface area contributed by atoms with Crippen molar-refractivity contribution in [2.45, 2.75) is 26.2 Å². The van der Waals surface area contributed by atoms with E-state index in [1.54, 1.807) is 4.90 Å². The van der Waals surface area contributed by atoms with Gasteiger partial charge in [-0.05, 0) is 62.4 Å². The molecule has 1 heterocycles. The third kappa shape index (κ3) is 3.05. The zero-order valence-electron chi connectivity index (χ0n) is 12.5. The normalized spacial score (nSPS) is 22.5. The lowest BCUT2D eigenvalue weighted by Gasteiger charge is -2.25. The molecular formula is C16H22Cl2N2O. The molecular weight excluding hydrogens is 307 g/mol. The topological polar surface area (TPSA) is 32.3 Å². The number of halogens is 2. The van der Waals surface area contributed by atoms with Crippen LogP contribution in [-0.2, 0) is 4.79 Å². The molecule has 1 atom stereocenters. The van der Waals surface area contributed by atoms with Crippen LogP contribution in [0.4, 0.5) is 5.69 Å². The van der Waals surface area contributed by atoms with Crippen LogP contribution in [-0.4, -0.2) is 26.0 Å². The molecule has 1 saturated heterocycles. The molecule has 1 aromatic carbocycles. The van der Waals surface area contributed by atoms with E-state index in [1.807, 2.05) is 32.2 Å². The zero-order chi connectivity index (χ0) is 14.3. The van der Waals surface area contributed by atoms with Crippen LogP contribution in [0.2, 0.25) is 5.02 Å². The number of nitrogens with one attached hydrogen (secondary N) is 1. The summed E-state index contributed by atoms with van der Waals surface area (Å²) in [6.07, 6.45) is 3.31. The predicted molar refractivity (Wildman–Crippen MR) is 89.5 cm³/mol. The Morgan fingerprint density at radius 3 is 2.67 bits per heavy atom. The van der Waals surface area contributed by atoms with Gasteiger partial charge in [0.25, 0.3) is 0 Å². The maximum absolute atomic E-state index is 12.6. The molecule has 0 aromatic heterocycles. The Morgan fingerprint density at radius 2 is 2.05 bits per heavy atom. The number of hydrogen-bond donors (Lipinski definition) is 1. The first kappa shape index (κ1) is 16.6. The van der Waals surface area contributed by atoms with Crippen molar-refractivity contribution >= 4 is 35.6 Å². The maximum Gasteiger partial charge on any atom is 0.230 e. The lowest BCUT2D eigenvalue weighted by molar-refractivity contribution is -0.120. The number of carbonyl (C=O) groups is 1. The number of aryl methyl sites for hydroxylation is 1. The molecule has 116 valence electrons. The molecule has 1 aliphatic heterocycles. The van der Waals surface area contributed by atoms with Crippen LogP contribution in [0.25, 0.3) is 0 Å². The monoisotopic (exact) mass is 328 g/mol. The molecule has 0 radical (unpaired) electrons. The van der Waals surface area contributed by atoms with E-state index in [0.717, 1.165) is 48.6 Å². The minimum absolute atomic E-state index is 0. The summed E-state index contributed by atoms with van der Waals surface area (Å²) in [6, 6.07) is 5.82. The van der Waals surface area contributed by atoms with E-state index in [4.69, 9.17) is 11.6 Å². The Hall–Kier alpha value is -0.770. The number of rotatable bonds is 2. The molecule has 1 spiro atoms. The summed E-state index contributed by atoms with van der Waals surface area (Å²) in [5.41, 5.74) is 2.21. The largest absolute Gasteiger partial charge is 0.317 e. The van der Waals surface area contributed by atoms with Gasteiger partial charge < -0.3 is 10.2 Å². The van der Waals surface area contributed by atoms with E-state index >= 15 is 0 Å². The standard InChI is InChI=1S/C16H21ClN2O.ClH/c1-11-3-4-12(9-14(11)17)19(2)15(20)13-10-16(13)5-7-18-8-6-16;/h3-4,9,13,18H,5-8,10H2,1-2H3;1H. The number of piperidine rings is 1. The fraction of sp³-hybridized carbons (Fsp3) is 0.562. The summed E-state index contributed by atoms with van der Waals surface area (Å²) in [5.74, 6) is 0.446. The third-order valence-electron chi connectivity index (χ3n) is 4.96. The molecule has 1 saturated carbocycles. The Bertz CT molecular complexity index is 541. The van der Waals surface area contributed by atoms with Crippen LogP contribution in [0.5, 0.6) is 0 Å². The molecule has 3 nitrogen and oxygen atoms in total. The predicted octanol–water partition coefficient (Wildman–Crippen LogP) is 3.42. The van der Waals surface area contributed by atoms with Crippen molar-refractivity contribution in [3.8, 4) is 0 Å². The van der Waals surface area contributed by atoms with Gasteiger partial charge in [-0.25, -0.2) is 0 Å². The van der Waals surface area contributed by atoms with E-state index in [-0.39, 0.29) is 29.6 Å². The van der Waals surface area contributed by atoms with Crippen molar-refractivity contribution < 1.29 is 4.79 Å². The summed E-state index contributed by atoms with van der Waals surface area (Å²) in [6.45, 7) is 4.06. The quantitative estimate of drug-likeness (QED) is 0.902. The van der Waals surface area contributed by atoms with Gasteiger partial charge in [0.05, 0.1) is 0 Å². The van der Waals surface area contributed by atoms with Gasteiger partial charge in [0.2, 0.25) is 5.91 Å². The van der Waals surface area contributed by atoms with E-state index in [1.165, 1.54) is 0 Å². The van der Waals surface area contributed by atoms with E-state index < -0.39 is 0 Å². The molecule has 3 rings (SSSR count). The second-order valence-corrected chi connectivity index (χ2v) is 6.61. The fourth-order valence-electron chi connectivity index (χ4n) is 3.33. The number of carbonyl (C=O) groups excluding carboxylic acids is 1. The number of nitrogens with zero attached hydrogens (tertiary/aromatic N) is 1. The first-order valence-corrected chi connectivity index (χ1v) is 7.66. The van der Waals surface area contributed by atoms with Crippen molar-refractivity contribution in [1.29, 1.82) is 0 Å². The molecule has 1 aliphatic carbocycles. The van der Waals surface area contributed by atoms with Gasteiger partial charge >= 0.3 is 0 Å². The lowest BCUT2D eigenvalue weighted by atomic mass is 9.91. The summed E-state index contributed by atoms with van der Waals surface area (Å²) in [5, 5.41) is 4.09. The van der Waals surface area contributed by atoms with Gasteiger partial charge in [0.1, 0.15) is 0 Å². The van der Waals surface area contributed by atoms with E-state index in [9.17, 15) is 4.79 Å². The van der Waals surface area contributed by atoms with Crippen molar-refractivity contribution in [2.75, 3.05) is 25.0 Å². The molecule has 1 aromatic rings. The van der Waals surface area contributed by atoms with Gasteiger partial charge in [0.15, 0.2) is 0 Å². The smallest absolute Gasteiger partial charge is 0.230 e. The van der Waals surface area contributed by atoms with Crippen molar-refractivity contribution in [3.05, 3.63) is 28.8 Å². The maximum atomic E-state index is 12.6. The van der Waals surface area contributed by atoms with Crippen molar-refractivity contribution in [2.24, 2.45) is 11.3 Å². The highest BCUT2D eigenvalue weighted by Crippen LogP contribution is 2.59. The molecule has 5 heteroatoms. The molecule has 0 bridgehead atoms. The van der Waals surface area contributed by atoms with Gasteiger partial charge in [-0.15, -0.1) is 12.4 Å². The van der Waals surface area contributed by atoms with Crippen molar-refractivity contribution in [3.63, 3.8) is 0 Å². The van der Waals surface area contributed by atoms with Crippen LogP contribution >= 0.6 is 24.0 Å². The molecule has 21 heavy (non-hydrogen) atoms. The van der Waals surface area contributed by atoms with Crippen LogP contribution < -0.4 is 10.2 Å². The first-order chi connectivity index (χ1) is 9.53. The molecule has 2 fully saturated rings. The first-order valence-electron chi connectivity index (χ1n) is 7.28. The van der Waals surface area contributed by atoms with Crippen LogP contribution in [0, 0.1) is 18.3 Å². The van der Waals surface area contributed by atoms with Crippen molar-refractivity contribution in [1.82, 2.24) is 5.32 Å².